The van der Waals surface area contributed by atoms with E-state index in [-0.39, 0.29) is 4.90 Å². The van der Waals surface area contributed by atoms with Gasteiger partial charge in [0.15, 0.2) is 0 Å². The van der Waals surface area contributed by atoms with E-state index in [1.165, 1.54) is 11.6 Å². The van der Waals surface area contributed by atoms with Crippen LogP contribution in [0.3, 0.4) is 0 Å². The van der Waals surface area contributed by atoms with Crippen molar-refractivity contribution in [2.75, 3.05) is 26.3 Å². The number of benzene rings is 3. The first-order chi connectivity index (χ1) is 21.1. The third-order valence-corrected chi connectivity index (χ3v) is 8.74. The monoisotopic (exact) mass is 624 g/mol. The van der Waals surface area contributed by atoms with Gasteiger partial charge in [-0.3, -0.25) is 4.90 Å². The summed E-state index contributed by atoms with van der Waals surface area (Å²) >= 11 is 0. The first-order valence-electron chi connectivity index (χ1n) is 15.7. The minimum absolute atomic E-state index is 0.153. The van der Waals surface area contributed by atoms with E-state index in [9.17, 15) is 13.5 Å². The number of aliphatic hydroxyl groups is 1. The molecule has 1 heterocycles. The zero-order chi connectivity index (χ0) is 31.4. The second-order valence-electron chi connectivity index (χ2n) is 12.1. The molecule has 4 rings (SSSR count). The van der Waals surface area contributed by atoms with E-state index in [4.69, 9.17) is 19.3 Å². The highest BCUT2D eigenvalue weighted by molar-refractivity contribution is 7.89. The summed E-state index contributed by atoms with van der Waals surface area (Å²) in [6, 6.07) is 23.1. The maximum absolute atomic E-state index is 11.5. The third kappa shape index (κ3) is 11.3. The largest absolute Gasteiger partial charge is 0.463 e. The van der Waals surface area contributed by atoms with Crippen molar-refractivity contribution < 1.29 is 27.7 Å². The summed E-state index contributed by atoms with van der Waals surface area (Å²) in [7, 11) is -3.67. The molecule has 240 valence electrons. The summed E-state index contributed by atoms with van der Waals surface area (Å²) in [6.07, 6.45) is 6.47. The van der Waals surface area contributed by atoms with E-state index in [1.807, 2.05) is 44.2 Å². The molecule has 8 nitrogen and oxygen atoms in total. The molecule has 0 amide bonds. The number of hydrogen-bond acceptors (Lipinski definition) is 7. The number of nitrogens with two attached hydrogens (primary N) is 1. The van der Waals surface area contributed by atoms with Crippen molar-refractivity contribution in [1.29, 1.82) is 0 Å². The molecule has 0 saturated heterocycles. The van der Waals surface area contributed by atoms with Gasteiger partial charge in [-0.2, -0.15) is 0 Å². The molecule has 0 bridgehead atoms. The molecule has 1 aliphatic heterocycles. The van der Waals surface area contributed by atoms with Gasteiger partial charge in [0.25, 0.3) is 0 Å². The van der Waals surface area contributed by atoms with Gasteiger partial charge in [0.05, 0.1) is 17.6 Å². The molecule has 0 radical (unpaired) electrons. The molecular formula is C35H48N2O6S. The smallest absolute Gasteiger partial charge is 0.238 e. The standard InChI is InChI=1S/C35H48N2O6S/c1-35(2)42-27-31-24-30(18-19-34(31)43-35)33(38)26-37(25-29-13-7-6-8-14-29)20-9-4-3-5-10-21-41-22-12-16-28-15-11-17-32(23-28)44(36,39)40/h6-8,11,13-15,17-19,23-24,33,38H,3-5,9-10,12,16,20-22,25-27H2,1-2H3,(H2,36,39,40)/t33-/m1/s1. The van der Waals surface area contributed by atoms with Crippen LogP contribution in [0.2, 0.25) is 0 Å². The predicted octanol–water partition coefficient (Wildman–Crippen LogP) is 6.11. The number of rotatable bonds is 18. The number of sulfonamides is 1. The minimum Gasteiger partial charge on any atom is -0.463 e. The van der Waals surface area contributed by atoms with Crippen molar-refractivity contribution >= 4 is 10.0 Å². The van der Waals surface area contributed by atoms with E-state index < -0.39 is 21.9 Å². The molecule has 0 aliphatic carbocycles. The van der Waals surface area contributed by atoms with Gasteiger partial charge >= 0.3 is 0 Å². The van der Waals surface area contributed by atoms with Crippen molar-refractivity contribution in [3.05, 3.63) is 95.1 Å². The lowest BCUT2D eigenvalue weighted by Crippen LogP contribution is -2.35. The second-order valence-corrected chi connectivity index (χ2v) is 13.6. The Morgan fingerprint density at radius 3 is 2.43 bits per heavy atom. The Balaban J connectivity index is 1.14. The molecule has 44 heavy (non-hydrogen) atoms. The molecular weight excluding hydrogens is 576 g/mol. The summed E-state index contributed by atoms with van der Waals surface area (Å²) in [4.78, 5) is 2.50. The van der Waals surface area contributed by atoms with Crippen molar-refractivity contribution in [1.82, 2.24) is 4.90 Å². The SMILES string of the molecule is CC1(C)OCc2cc([C@H](O)CN(CCCCCCCOCCCc3cccc(S(N)(=O)=O)c3)Cc3ccccc3)ccc2O1. The third-order valence-electron chi connectivity index (χ3n) is 7.82. The summed E-state index contributed by atoms with van der Waals surface area (Å²) in [5, 5.41) is 16.4. The van der Waals surface area contributed by atoms with Crippen molar-refractivity contribution in [3.8, 4) is 5.75 Å². The minimum atomic E-state index is -3.67. The van der Waals surface area contributed by atoms with Gasteiger partial charge in [-0.15, -0.1) is 0 Å². The van der Waals surface area contributed by atoms with Crippen molar-refractivity contribution in [2.24, 2.45) is 5.14 Å². The normalized spacial score (nSPS) is 15.1. The lowest BCUT2D eigenvalue weighted by atomic mass is 10.0. The molecule has 3 aromatic carbocycles. The molecule has 1 atom stereocenters. The van der Waals surface area contributed by atoms with E-state index >= 15 is 0 Å². The molecule has 0 spiro atoms. The van der Waals surface area contributed by atoms with Gasteiger partial charge in [0.2, 0.25) is 15.8 Å². The number of aliphatic hydroxyl groups excluding tert-OH is 1. The zero-order valence-corrected chi connectivity index (χ0v) is 26.9. The Morgan fingerprint density at radius 1 is 0.909 bits per heavy atom. The van der Waals surface area contributed by atoms with E-state index in [0.29, 0.717) is 19.8 Å². The van der Waals surface area contributed by atoms with Crippen molar-refractivity contribution in [3.63, 3.8) is 0 Å². The molecule has 9 heteroatoms. The van der Waals surface area contributed by atoms with Gasteiger partial charge in [-0.05, 0) is 73.2 Å². The van der Waals surface area contributed by atoms with Crippen LogP contribution < -0.4 is 9.88 Å². The van der Waals surface area contributed by atoms with Crippen LogP contribution in [0.15, 0.2) is 77.7 Å². The van der Waals surface area contributed by atoms with Gasteiger partial charge in [-0.1, -0.05) is 67.8 Å². The maximum Gasteiger partial charge on any atom is 0.238 e. The predicted molar refractivity (Wildman–Crippen MR) is 173 cm³/mol. The summed E-state index contributed by atoms with van der Waals surface area (Å²) < 4.78 is 40.5. The molecule has 3 aromatic rings. The first-order valence-corrected chi connectivity index (χ1v) is 17.2. The second kappa shape index (κ2) is 16.5. The Morgan fingerprint density at radius 2 is 1.64 bits per heavy atom. The Bertz CT molecular complexity index is 1410. The topological polar surface area (TPSA) is 111 Å². The molecule has 0 fully saturated rings. The molecule has 3 N–H and O–H groups in total. The number of primary sulfonamides is 1. The highest BCUT2D eigenvalue weighted by Gasteiger charge is 2.28. The lowest BCUT2D eigenvalue weighted by molar-refractivity contribution is -0.180. The Labute approximate surface area is 263 Å². The lowest BCUT2D eigenvalue weighted by Gasteiger charge is -2.33. The summed E-state index contributed by atoms with van der Waals surface area (Å²) in [5.41, 5.74) is 4.04. The number of unbranched alkanes of at least 4 members (excludes halogenated alkanes) is 4. The van der Waals surface area contributed by atoms with Gasteiger partial charge in [-0.25, -0.2) is 13.6 Å². The number of ether oxygens (including phenoxy) is 3. The van der Waals surface area contributed by atoms with Crippen LogP contribution in [0.25, 0.3) is 0 Å². The Kier molecular flexibility index (Phi) is 12.8. The Hall–Kier alpha value is -2.79. The fourth-order valence-corrected chi connectivity index (χ4v) is 6.00. The van der Waals surface area contributed by atoms with Crippen LogP contribution >= 0.6 is 0 Å². The number of nitrogens with zero attached hydrogens (tertiary/aromatic N) is 1. The summed E-state index contributed by atoms with van der Waals surface area (Å²) in [6.45, 7) is 7.93. The quantitative estimate of drug-likeness (QED) is 0.164. The van der Waals surface area contributed by atoms with Crippen LogP contribution in [0.1, 0.15) is 80.7 Å². The average Bonchev–Trinajstić information content (AvgIpc) is 2.99. The summed E-state index contributed by atoms with van der Waals surface area (Å²) in [5.74, 6) is 0.179. The fourth-order valence-electron chi connectivity index (χ4n) is 5.42. The first kappa shape index (κ1) is 34.1. The van der Waals surface area contributed by atoms with Gasteiger partial charge in [0, 0.05) is 45.7 Å². The zero-order valence-electron chi connectivity index (χ0n) is 26.1. The van der Waals surface area contributed by atoms with Crippen LogP contribution in [0.5, 0.6) is 5.75 Å². The van der Waals surface area contributed by atoms with E-state index in [1.54, 1.807) is 12.1 Å². The van der Waals surface area contributed by atoms with Gasteiger partial charge < -0.3 is 19.3 Å². The average molecular weight is 625 g/mol. The number of fused-ring (bicyclic) bond motifs is 1. The van der Waals surface area contributed by atoms with E-state index in [2.05, 4.69) is 29.2 Å². The molecule has 0 saturated carbocycles. The van der Waals surface area contributed by atoms with Crippen LogP contribution in [-0.2, 0) is 39.1 Å². The number of aryl methyl sites for hydroxylation is 1. The van der Waals surface area contributed by atoms with Crippen LogP contribution in [0, 0.1) is 0 Å². The number of hydrogen-bond donors (Lipinski definition) is 2. The molecule has 0 aromatic heterocycles. The van der Waals surface area contributed by atoms with Crippen LogP contribution in [0.4, 0.5) is 0 Å². The molecule has 0 unspecified atom stereocenters. The highest BCUT2D eigenvalue weighted by Crippen LogP contribution is 2.33. The fraction of sp³-hybridized carbons (Fsp3) is 0.486. The van der Waals surface area contributed by atoms with E-state index in [0.717, 1.165) is 87.1 Å². The molecule has 1 aliphatic rings. The van der Waals surface area contributed by atoms with Gasteiger partial charge in [0.1, 0.15) is 5.75 Å². The highest BCUT2D eigenvalue weighted by atomic mass is 32.2. The van der Waals surface area contributed by atoms with Crippen LogP contribution in [-0.4, -0.2) is 50.5 Å². The maximum atomic E-state index is 11.5. The van der Waals surface area contributed by atoms with Crippen molar-refractivity contribution in [2.45, 2.75) is 88.7 Å².